The summed E-state index contributed by atoms with van der Waals surface area (Å²) in [5, 5.41) is 0.604. The van der Waals surface area contributed by atoms with Crippen LogP contribution in [0, 0.1) is 13.8 Å². The van der Waals surface area contributed by atoms with E-state index in [0.29, 0.717) is 22.1 Å². The van der Waals surface area contributed by atoms with Crippen LogP contribution >= 0.6 is 23.8 Å². The molecule has 0 unspecified atom stereocenters. The Morgan fingerprint density at radius 1 is 1.29 bits per heavy atom. The highest BCUT2D eigenvalue weighted by Crippen LogP contribution is 2.27. The van der Waals surface area contributed by atoms with Gasteiger partial charge in [-0.1, -0.05) is 23.8 Å². The number of hydrogen-bond donors (Lipinski definition) is 0. The molecule has 0 radical (unpaired) electrons. The van der Waals surface area contributed by atoms with Gasteiger partial charge in [0.15, 0.2) is 0 Å². The van der Waals surface area contributed by atoms with Crippen molar-refractivity contribution in [1.29, 1.82) is 0 Å². The van der Waals surface area contributed by atoms with Crippen molar-refractivity contribution in [2.24, 2.45) is 0 Å². The number of halogens is 1. The Balaban J connectivity index is 1.96. The summed E-state index contributed by atoms with van der Waals surface area (Å²) in [4.78, 5) is 19.3. The number of benzene rings is 1. The van der Waals surface area contributed by atoms with Gasteiger partial charge in [0.25, 0.3) is 5.91 Å². The molecule has 0 atom stereocenters. The van der Waals surface area contributed by atoms with E-state index < -0.39 is 0 Å². The lowest BCUT2D eigenvalue weighted by molar-refractivity contribution is 0.0847. The van der Waals surface area contributed by atoms with Crippen molar-refractivity contribution in [2.75, 3.05) is 0 Å². The van der Waals surface area contributed by atoms with Gasteiger partial charge in [-0.2, -0.15) is 0 Å². The van der Waals surface area contributed by atoms with E-state index in [4.69, 9.17) is 23.8 Å². The zero-order valence-corrected chi connectivity index (χ0v) is 13.3. The van der Waals surface area contributed by atoms with Crippen LogP contribution in [0.25, 0.3) is 0 Å². The normalized spacial score (nSPS) is 13.5. The maximum atomic E-state index is 12.6. The van der Waals surface area contributed by atoms with Gasteiger partial charge in [-0.15, -0.1) is 0 Å². The molecule has 1 aliphatic rings. The number of pyridine rings is 1. The molecule has 5 heteroatoms. The number of aryl methyl sites for hydroxylation is 2. The van der Waals surface area contributed by atoms with Crippen LogP contribution in [-0.2, 0) is 6.54 Å². The summed E-state index contributed by atoms with van der Waals surface area (Å²) < 4.78 is 0. The lowest BCUT2D eigenvalue weighted by Crippen LogP contribution is -2.30. The largest absolute Gasteiger partial charge is 0.292 e. The van der Waals surface area contributed by atoms with Gasteiger partial charge in [-0.05, 0) is 49.7 Å². The number of carbonyl (C=O) groups excluding carboxylic acids is 1. The number of thiocarbonyl (C=S) groups is 1. The molecule has 3 nitrogen and oxygen atoms in total. The van der Waals surface area contributed by atoms with Crippen molar-refractivity contribution in [2.45, 2.75) is 20.4 Å². The van der Waals surface area contributed by atoms with E-state index in [2.05, 4.69) is 4.98 Å². The first-order chi connectivity index (χ1) is 9.97. The molecule has 1 amide bonds. The van der Waals surface area contributed by atoms with Crippen LogP contribution in [0.15, 0.2) is 30.3 Å². The molecule has 0 saturated carbocycles. The lowest BCUT2D eigenvalue weighted by atomic mass is 10.1. The topological polar surface area (TPSA) is 33.2 Å². The minimum Gasteiger partial charge on any atom is -0.292 e. The molecule has 3 rings (SSSR count). The predicted molar refractivity (Wildman–Crippen MR) is 86.7 cm³/mol. The molecule has 0 saturated heterocycles. The Bertz CT molecular complexity index is 756. The van der Waals surface area contributed by atoms with Crippen LogP contribution < -0.4 is 0 Å². The number of rotatable bonds is 1. The zero-order chi connectivity index (χ0) is 15.1. The first-order valence-electron chi connectivity index (χ1n) is 6.56. The lowest BCUT2D eigenvalue weighted by Gasteiger charge is -2.15. The van der Waals surface area contributed by atoms with Crippen molar-refractivity contribution >= 4 is 34.7 Å². The molecule has 0 fully saturated rings. The van der Waals surface area contributed by atoms with Gasteiger partial charge >= 0.3 is 0 Å². The van der Waals surface area contributed by atoms with E-state index in [1.165, 1.54) is 0 Å². The van der Waals surface area contributed by atoms with E-state index in [0.717, 1.165) is 22.5 Å². The number of carbonyl (C=O) groups is 1. The number of amides is 1. The van der Waals surface area contributed by atoms with Crippen LogP contribution in [0.1, 0.15) is 32.9 Å². The van der Waals surface area contributed by atoms with Crippen molar-refractivity contribution < 1.29 is 4.79 Å². The second-order valence-corrected chi connectivity index (χ2v) is 5.93. The SMILES string of the molecule is Cc1cc(C)c2c(n1)CN(C(=O)c1ccc(Cl)cc1)C2=S. The summed E-state index contributed by atoms with van der Waals surface area (Å²) in [6.07, 6.45) is 0. The zero-order valence-electron chi connectivity index (χ0n) is 11.7. The van der Waals surface area contributed by atoms with E-state index in [9.17, 15) is 4.79 Å². The third-order valence-corrected chi connectivity index (χ3v) is 4.20. The summed E-state index contributed by atoms with van der Waals surface area (Å²) >= 11 is 11.3. The van der Waals surface area contributed by atoms with Crippen molar-refractivity contribution in [3.8, 4) is 0 Å². The van der Waals surface area contributed by atoms with E-state index in [1.54, 1.807) is 29.2 Å². The highest BCUT2D eigenvalue weighted by Gasteiger charge is 2.31. The molecule has 1 aliphatic heterocycles. The van der Waals surface area contributed by atoms with Crippen LogP contribution in [0.4, 0.5) is 0 Å². The highest BCUT2D eigenvalue weighted by molar-refractivity contribution is 7.80. The third-order valence-electron chi connectivity index (χ3n) is 3.52. The first kappa shape index (κ1) is 14.2. The Morgan fingerprint density at radius 2 is 1.95 bits per heavy atom. The quantitative estimate of drug-likeness (QED) is 0.752. The summed E-state index contributed by atoms with van der Waals surface area (Å²) in [5.41, 5.74) is 4.37. The third kappa shape index (κ3) is 2.45. The summed E-state index contributed by atoms with van der Waals surface area (Å²) in [7, 11) is 0. The van der Waals surface area contributed by atoms with Gasteiger partial charge < -0.3 is 0 Å². The molecule has 21 heavy (non-hydrogen) atoms. The Hall–Kier alpha value is -1.78. The minimum atomic E-state index is -0.119. The van der Waals surface area contributed by atoms with Gasteiger partial charge in [0.05, 0.1) is 12.2 Å². The number of hydrogen-bond acceptors (Lipinski definition) is 3. The van der Waals surface area contributed by atoms with Crippen LogP contribution in [-0.4, -0.2) is 20.8 Å². The molecular weight excluding hydrogens is 304 g/mol. The van der Waals surface area contributed by atoms with E-state index >= 15 is 0 Å². The molecule has 0 N–H and O–H groups in total. The minimum absolute atomic E-state index is 0.119. The molecule has 0 bridgehead atoms. The monoisotopic (exact) mass is 316 g/mol. The second-order valence-electron chi connectivity index (χ2n) is 5.11. The Kier molecular flexibility index (Phi) is 3.51. The van der Waals surface area contributed by atoms with Gasteiger partial charge in [0.2, 0.25) is 0 Å². The smallest absolute Gasteiger partial charge is 0.259 e. The fraction of sp³-hybridized carbons (Fsp3) is 0.188. The van der Waals surface area contributed by atoms with Crippen molar-refractivity contribution in [1.82, 2.24) is 9.88 Å². The van der Waals surface area contributed by atoms with E-state index in [1.807, 2.05) is 19.9 Å². The average Bonchev–Trinajstić information content (AvgIpc) is 2.76. The summed E-state index contributed by atoms with van der Waals surface area (Å²) in [5.74, 6) is -0.119. The van der Waals surface area contributed by atoms with E-state index in [-0.39, 0.29) is 5.91 Å². The van der Waals surface area contributed by atoms with Crippen molar-refractivity contribution in [3.63, 3.8) is 0 Å². The van der Waals surface area contributed by atoms with Gasteiger partial charge in [0, 0.05) is 21.8 Å². The van der Waals surface area contributed by atoms with Crippen LogP contribution in [0.3, 0.4) is 0 Å². The number of fused-ring (bicyclic) bond motifs is 1. The number of aromatic nitrogens is 1. The molecule has 1 aromatic carbocycles. The van der Waals surface area contributed by atoms with Gasteiger partial charge in [-0.3, -0.25) is 14.7 Å². The fourth-order valence-corrected chi connectivity index (χ4v) is 3.14. The number of nitrogens with zero attached hydrogens (tertiary/aromatic N) is 2. The van der Waals surface area contributed by atoms with Crippen LogP contribution in [0.5, 0.6) is 0 Å². The molecule has 2 aromatic rings. The average molecular weight is 317 g/mol. The standard InChI is InChI=1S/C16H13ClN2OS/c1-9-7-10(2)18-13-8-19(16(21)14(9)13)15(20)11-3-5-12(17)6-4-11/h3-7H,8H2,1-2H3. The summed E-state index contributed by atoms with van der Waals surface area (Å²) in [6.45, 7) is 4.37. The molecule has 1 aromatic heterocycles. The molecule has 0 spiro atoms. The Labute approximate surface area is 133 Å². The molecule has 2 heterocycles. The predicted octanol–water partition coefficient (Wildman–Crippen LogP) is 3.68. The maximum absolute atomic E-state index is 12.6. The molecular formula is C16H13ClN2OS. The van der Waals surface area contributed by atoms with Crippen LogP contribution in [0.2, 0.25) is 5.02 Å². The Morgan fingerprint density at radius 3 is 2.62 bits per heavy atom. The van der Waals surface area contributed by atoms with Crippen molar-refractivity contribution in [3.05, 3.63) is 63.4 Å². The maximum Gasteiger partial charge on any atom is 0.259 e. The van der Waals surface area contributed by atoms with Gasteiger partial charge in [0.1, 0.15) is 4.99 Å². The highest BCUT2D eigenvalue weighted by atomic mass is 35.5. The molecule has 0 aliphatic carbocycles. The second kappa shape index (κ2) is 5.20. The summed E-state index contributed by atoms with van der Waals surface area (Å²) in [6, 6.07) is 8.81. The molecule has 106 valence electrons. The first-order valence-corrected chi connectivity index (χ1v) is 7.35. The van der Waals surface area contributed by atoms with Gasteiger partial charge in [-0.25, -0.2) is 0 Å². The fourth-order valence-electron chi connectivity index (χ4n) is 2.59.